The first-order valence-electron chi connectivity index (χ1n) is 3.67. The molecule has 2 rings (SSSR count). The Kier molecular flexibility index (Phi) is 1.62. The van der Waals surface area contributed by atoms with Crippen molar-refractivity contribution < 1.29 is 9.13 Å². The van der Waals surface area contributed by atoms with Crippen molar-refractivity contribution >= 4 is 0 Å². The van der Waals surface area contributed by atoms with Crippen LogP contribution in [0.3, 0.4) is 0 Å². The van der Waals surface area contributed by atoms with Crippen molar-refractivity contribution in [3.05, 3.63) is 35.4 Å². The molecule has 1 heterocycles. The van der Waals surface area contributed by atoms with Crippen LogP contribution in [-0.4, -0.2) is 6.61 Å². The molecule has 1 unspecified atom stereocenters. The van der Waals surface area contributed by atoms with Crippen LogP contribution >= 0.6 is 0 Å². The second-order valence-corrected chi connectivity index (χ2v) is 2.68. The average molecular weight is 152 g/mol. The van der Waals surface area contributed by atoms with Crippen LogP contribution < -0.4 is 0 Å². The highest BCUT2D eigenvalue weighted by Crippen LogP contribution is 2.26. The Balaban J connectivity index is 2.44. The SMILES string of the molecule is FC1COCc2ccccc21. The zero-order valence-electron chi connectivity index (χ0n) is 6.09. The summed E-state index contributed by atoms with van der Waals surface area (Å²) in [4.78, 5) is 0. The predicted molar refractivity (Wildman–Crippen MR) is 39.9 cm³/mol. The van der Waals surface area contributed by atoms with Gasteiger partial charge in [-0.25, -0.2) is 4.39 Å². The summed E-state index contributed by atoms with van der Waals surface area (Å²) in [5.74, 6) is 0. The molecule has 1 aliphatic rings. The van der Waals surface area contributed by atoms with Gasteiger partial charge in [-0.3, -0.25) is 0 Å². The third-order valence-corrected chi connectivity index (χ3v) is 1.91. The van der Waals surface area contributed by atoms with Crippen molar-refractivity contribution in [2.75, 3.05) is 6.61 Å². The first kappa shape index (κ1) is 6.80. The van der Waals surface area contributed by atoms with Crippen LogP contribution in [0, 0.1) is 0 Å². The molecule has 2 heteroatoms. The Bertz CT molecular complexity index is 259. The van der Waals surface area contributed by atoms with Crippen molar-refractivity contribution in [1.29, 1.82) is 0 Å². The molecule has 58 valence electrons. The quantitative estimate of drug-likeness (QED) is 0.554. The average Bonchev–Trinajstić information content (AvgIpc) is 2.06. The fourth-order valence-corrected chi connectivity index (χ4v) is 1.33. The molecule has 1 aromatic rings. The van der Waals surface area contributed by atoms with E-state index < -0.39 is 6.17 Å². The highest BCUT2D eigenvalue weighted by atomic mass is 19.1. The molecule has 0 bridgehead atoms. The van der Waals surface area contributed by atoms with Gasteiger partial charge in [0.05, 0.1) is 13.2 Å². The number of hydrogen-bond donors (Lipinski definition) is 0. The molecule has 0 saturated carbocycles. The lowest BCUT2D eigenvalue weighted by Crippen LogP contribution is -2.12. The van der Waals surface area contributed by atoms with E-state index in [1.165, 1.54) is 0 Å². The zero-order chi connectivity index (χ0) is 7.68. The number of alkyl halides is 1. The minimum absolute atomic E-state index is 0.205. The Hall–Kier alpha value is -0.890. The van der Waals surface area contributed by atoms with Crippen molar-refractivity contribution in [2.24, 2.45) is 0 Å². The van der Waals surface area contributed by atoms with E-state index in [0.717, 1.165) is 11.1 Å². The summed E-state index contributed by atoms with van der Waals surface area (Å²) in [5, 5.41) is 0. The fourth-order valence-electron chi connectivity index (χ4n) is 1.33. The first-order chi connectivity index (χ1) is 5.38. The Morgan fingerprint density at radius 1 is 1.36 bits per heavy atom. The number of fused-ring (bicyclic) bond motifs is 1. The van der Waals surface area contributed by atoms with E-state index in [1.807, 2.05) is 24.3 Å². The highest BCUT2D eigenvalue weighted by Gasteiger charge is 2.18. The van der Waals surface area contributed by atoms with Gasteiger partial charge in [0.2, 0.25) is 0 Å². The molecule has 0 saturated heterocycles. The van der Waals surface area contributed by atoms with Crippen LogP contribution in [0.2, 0.25) is 0 Å². The van der Waals surface area contributed by atoms with E-state index in [-0.39, 0.29) is 6.61 Å². The van der Waals surface area contributed by atoms with Crippen LogP contribution in [0.1, 0.15) is 17.3 Å². The molecule has 0 aromatic heterocycles. The minimum atomic E-state index is -0.931. The van der Waals surface area contributed by atoms with Crippen molar-refractivity contribution in [3.8, 4) is 0 Å². The van der Waals surface area contributed by atoms with Gasteiger partial charge in [0.1, 0.15) is 6.17 Å². The maximum atomic E-state index is 13.1. The fraction of sp³-hybridized carbons (Fsp3) is 0.333. The number of hydrogen-bond acceptors (Lipinski definition) is 1. The maximum absolute atomic E-state index is 13.1. The van der Waals surface area contributed by atoms with Gasteiger partial charge in [0.25, 0.3) is 0 Å². The normalized spacial score (nSPS) is 22.8. The molecule has 11 heavy (non-hydrogen) atoms. The Morgan fingerprint density at radius 2 is 2.18 bits per heavy atom. The molecule has 0 amide bonds. The van der Waals surface area contributed by atoms with E-state index in [1.54, 1.807) is 0 Å². The summed E-state index contributed by atoms with van der Waals surface area (Å²) in [7, 11) is 0. The topological polar surface area (TPSA) is 9.23 Å². The largest absolute Gasteiger partial charge is 0.373 e. The molecule has 1 atom stereocenters. The van der Waals surface area contributed by atoms with Gasteiger partial charge < -0.3 is 4.74 Å². The number of halogens is 1. The van der Waals surface area contributed by atoms with E-state index in [9.17, 15) is 4.39 Å². The van der Waals surface area contributed by atoms with Crippen LogP contribution in [0.25, 0.3) is 0 Å². The lowest BCUT2D eigenvalue weighted by molar-refractivity contribution is 0.0513. The van der Waals surface area contributed by atoms with E-state index in [2.05, 4.69) is 0 Å². The number of rotatable bonds is 0. The van der Waals surface area contributed by atoms with Crippen molar-refractivity contribution in [3.63, 3.8) is 0 Å². The van der Waals surface area contributed by atoms with Gasteiger partial charge >= 0.3 is 0 Å². The molecule has 0 spiro atoms. The van der Waals surface area contributed by atoms with Gasteiger partial charge in [-0.05, 0) is 11.1 Å². The molecule has 1 aromatic carbocycles. The second-order valence-electron chi connectivity index (χ2n) is 2.68. The third-order valence-electron chi connectivity index (χ3n) is 1.91. The van der Waals surface area contributed by atoms with Gasteiger partial charge in [0, 0.05) is 0 Å². The van der Waals surface area contributed by atoms with Gasteiger partial charge in [-0.15, -0.1) is 0 Å². The van der Waals surface area contributed by atoms with Gasteiger partial charge in [-0.1, -0.05) is 24.3 Å². The predicted octanol–water partition coefficient (Wildman–Crippen LogP) is 2.23. The summed E-state index contributed by atoms with van der Waals surface area (Å²) in [6, 6.07) is 7.49. The maximum Gasteiger partial charge on any atom is 0.149 e. The molecule has 1 nitrogen and oxygen atoms in total. The number of benzene rings is 1. The zero-order valence-corrected chi connectivity index (χ0v) is 6.09. The molecule has 0 N–H and O–H groups in total. The summed E-state index contributed by atoms with van der Waals surface area (Å²) < 4.78 is 18.1. The molecule has 1 aliphatic heterocycles. The summed E-state index contributed by atoms with van der Waals surface area (Å²) >= 11 is 0. The summed E-state index contributed by atoms with van der Waals surface area (Å²) in [5.41, 5.74) is 1.77. The van der Waals surface area contributed by atoms with Crippen LogP contribution in [0.4, 0.5) is 4.39 Å². The standard InChI is InChI=1S/C9H9FO/c10-9-6-11-5-7-3-1-2-4-8(7)9/h1-4,9H,5-6H2. The number of ether oxygens (including phenoxy) is 1. The first-order valence-corrected chi connectivity index (χ1v) is 3.67. The molecule has 0 fully saturated rings. The summed E-state index contributed by atoms with van der Waals surface area (Å²) in [6.45, 7) is 0.758. The highest BCUT2D eigenvalue weighted by molar-refractivity contribution is 5.29. The molecule has 0 aliphatic carbocycles. The van der Waals surface area contributed by atoms with E-state index in [0.29, 0.717) is 6.61 Å². The molecular formula is C9H9FO. The van der Waals surface area contributed by atoms with Crippen LogP contribution in [-0.2, 0) is 11.3 Å². The smallest absolute Gasteiger partial charge is 0.149 e. The van der Waals surface area contributed by atoms with Crippen LogP contribution in [0.15, 0.2) is 24.3 Å². The molecule has 0 radical (unpaired) electrons. The minimum Gasteiger partial charge on any atom is -0.373 e. The van der Waals surface area contributed by atoms with Crippen molar-refractivity contribution in [1.82, 2.24) is 0 Å². The summed E-state index contributed by atoms with van der Waals surface area (Å²) in [6.07, 6.45) is -0.931. The Labute approximate surface area is 64.8 Å². The van der Waals surface area contributed by atoms with Crippen molar-refractivity contribution in [2.45, 2.75) is 12.8 Å². The monoisotopic (exact) mass is 152 g/mol. The molecular weight excluding hydrogens is 143 g/mol. The lowest BCUT2D eigenvalue weighted by atomic mass is 10.0. The second kappa shape index (κ2) is 2.62. The van der Waals surface area contributed by atoms with Crippen LogP contribution in [0.5, 0.6) is 0 Å². The van der Waals surface area contributed by atoms with Gasteiger partial charge in [0.15, 0.2) is 0 Å². The van der Waals surface area contributed by atoms with E-state index in [4.69, 9.17) is 4.74 Å². The van der Waals surface area contributed by atoms with E-state index >= 15 is 0 Å². The lowest BCUT2D eigenvalue weighted by Gasteiger charge is -2.19. The Morgan fingerprint density at radius 3 is 3.00 bits per heavy atom. The third kappa shape index (κ3) is 1.14. The van der Waals surface area contributed by atoms with Gasteiger partial charge in [-0.2, -0.15) is 0 Å².